The van der Waals surface area contributed by atoms with Gasteiger partial charge in [-0.1, -0.05) is 66.7 Å². The van der Waals surface area contributed by atoms with Crippen molar-refractivity contribution >= 4 is 46.4 Å². The lowest BCUT2D eigenvalue weighted by atomic mass is 10.1. The monoisotopic (exact) mass is 464 g/mol. The molecule has 0 radical (unpaired) electrons. The number of hydrogen-bond acceptors (Lipinski definition) is 2. The first-order valence-electron chi connectivity index (χ1n) is 11.9. The summed E-state index contributed by atoms with van der Waals surface area (Å²) in [4.78, 5) is 16.5. The predicted octanol–water partition coefficient (Wildman–Crippen LogP) is 8.01. The van der Waals surface area contributed by atoms with Crippen molar-refractivity contribution in [1.29, 1.82) is 0 Å². The molecule has 0 spiro atoms. The third-order valence-electron chi connectivity index (χ3n) is 5.92. The Morgan fingerprint density at radius 1 is 0.417 bits per heavy atom. The van der Waals surface area contributed by atoms with Crippen molar-refractivity contribution in [2.24, 2.45) is 0 Å². The third kappa shape index (κ3) is 4.93. The fourth-order valence-electron chi connectivity index (χ4n) is 4.26. The summed E-state index contributed by atoms with van der Waals surface area (Å²) >= 11 is 0. The Labute approximate surface area is 209 Å². The normalized spacial score (nSPS) is 11.7. The molecule has 0 fully saturated rings. The van der Waals surface area contributed by atoms with E-state index in [2.05, 4.69) is 70.6 Å². The maximum atomic E-state index is 4.77. The van der Waals surface area contributed by atoms with Crippen LogP contribution in [0.4, 0.5) is 0 Å². The zero-order valence-corrected chi connectivity index (χ0v) is 19.6. The maximum Gasteiger partial charge on any atom is 0.0658 e. The van der Waals surface area contributed by atoms with Gasteiger partial charge in [-0.3, -0.25) is 0 Å². The Kier molecular flexibility index (Phi) is 5.83. The number of H-pyrrole nitrogens is 2. The van der Waals surface area contributed by atoms with E-state index in [9.17, 15) is 0 Å². The van der Waals surface area contributed by atoms with E-state index in [1.54, 1.807) is 0 Å². The summed E-state index contributed by atoms with van der Waals surface area (Å²) in [6.45, 7) is 0. The fraction of sp³-hybridized carbons (Fsp3) is 0. The summed E-state index contributed by atoms with van der Waals surface area (Å²) in [6, 6.07) is 37.0. The molecule has 3 aromatic heterocycles. The first-order valence-corrected chi connectivity index (χ1v) is 11.9. The fourth-order valence-corrected chi connectivity index (χ4v) is 4.26. The predicted molar refractivity (Wildman–Crippen MR) is 151 cm³/mol. The van der Waals surface area contributed by atoms with Crippen molar-refractivity contribution in [1.82, 2.24) is 19.9 Å². The van der Waals surface area contributed by atoms with E-state index in [0.717, 1.165) is 50.4 Å². The highest BCUT2D eigenvalue weighted by atomic mass is 14.8. The Balaban J connectivity index is 0.000000353. The van der Waals surface area contributed by atoms with E-state index in [0.29, 0.717) is 0 Å². The summed E-state index contributed by atoms with van der Waals surface area (Å²) < 4.78 is 0. The van der Waals surface area contributed by atoms with Crippen LogP contribution in [0.2, 0.25) is 0 Å². The first-order chi connectivity index (χ1) is 17.8. The van der Waals surface area contributed by atoms with Gasteiger partial charge in [0.1, 0.15) is 0 Å². The summed E-state index contributed by atoms with van der Waals surface area (Å²) in [6.07, 6.45) is 8.16. The number of aromatic nitrogens is 4. The molecule has 2 aliphatic heterocycles. The minimum atomic E-state index is 0.922. The van der Waals surface area contributed by atoms with Gasteiger partial charge in [0.05, 0.1) is 22.8 Å². The largest absolute Gasteiger partial charge is 0.355 e. The highest BCUT2D eigenvalue weighted by Crippen LogP contribution is 2.27. The van der Waals surface area contributed by atoms with Crippen LogP contribution in [0.15, 0.2) is 109 Å². The molecule has 4 heteroatoms. The van der Waals surface area contributed by atoms with E-state index >= 15 is 0 Å². The summed E-state index contributed by atoms with van der Waals surface area (Å²) in [7, 11) is 0. The minimum Gasteiger partial charge on any atom is -0.355 e. The standard InChI is InChI=1S/C26H18N4.C6H6/c1-2-4-17(5-3-1)25-15-24-14-22-9-8-20(28-22)12-18-6-7-19(27-18)13-21-10-11-23(29-21)16-26(25)30-24;1-2-4-6-5-3-1/h1-16,27,30H;1-6H. The molecular formula is C32H24N4. The van der Waals surface area contributed by atoms with Gasteiger partial charge in [0.2, 0.25) is 0 Å². The zero-order valence-electron chi connectivity index (χ0n) is 19.6. The van der Waals surface area contributed by atoms with Gasteiger partial charge < -0.3 is 9.97 Å². The van der Waals surface area contributed by atoms with E-state index in [-0.39, 0.29) is 0 Å². The second-order valence-corrected chi connectivity index (χ2v) is 8.61. The van der Waals surface area contributed by atoms with Crippen LogP contribution in [0.5, 0.6) is 0 Å². The van der Waals surface area contributed by atoms with Crippen molar-refractivity contribution in [2.45, 2.75) is 0 Å². The van der Waals surface area contributed by atoms with Crippen molar-refractivity contribution in [3.63, 3.8) is 0 Å². The van der Waals surface area contributed by atoms with Crippen molar-refractivity contribution in [2.75, 3.05) is 0 Å². The van der Waals surface area contributed by atoms with Gasteiger partial charge in [-0.2, -0.15) is 0 Å². The first kappa shape index (κ1) is 21.6. The van der Waals surface area contributed by atoms with Gasteiger partial charge in [-0.15, -0.1) is 0 Å². The van der Waals surface area contributed by atoms with Crippen LogP contribution < -0.4 is 0 Å². The van der Waals surface area contributed by atoms with Crippen LogP contribution in [0.25, 0.3) is 57.5 Å². The number of nitrogens with zero attached hydrogens (tertiary/aromatic N) is 2. The van der Waals surface area contributed by atoms with Crippen LogP contribution in [-0.4, -0.2) is 19.9 Å². The average molecular weight is 465 g/mol. The Morgan fingerprint density at radius 2 is 0.889 bits per heavy atom. The van der Waals surface area contributed by atoms with Crippen LogP contribution in [0, 0.1) is 0 Å². The third-order valence-corrected chi connectivity index (χ3v) is 5.92. The highest BCUT2D eigenvalue weighted by Gasteiger charge is 2.06. The molecule has 7 rings (SSSR count). The number of nitrogens with one attached hydrogen (secondary N) is 2. The van der Waals surface area contributed by atoms with Crippen molar-refractivity contribution in [3.8, 4) is 11.1 Å². The Hall–Kier alpha value is -4.96. The lowest BCUT2D eigenvalue weighted by molar-refractivity contribution is 1.31. The molecule has 172 valence electrons. The quantitative estimate of drug-likeness (QED) is 0.258. The zero-order chi connectivity index (χ0) is 24.2. The van der Waals surface area contributed by atoms with Gasteiger partial charge in [-0.25, -0.2) is 9.97 Å². The molecule has 5 heterocycles. The summed E-state index contributed by atoms with van der Waals surface area (Å²) in [5.74, 6) is 0. The molecule has 0 unspecified atom stereocenters. The van der Waals surface area contributed by atoms with Crippen molar-refractivity contribution < 1.29 is 0 Å². The topological polar surface area (TPSA) is 57.4 Å². The lowest BCUT2D eigenvalue weighted by Gasteiger charge is -1.97. The Morgan fingerprint density at radius 3 is 1.44 bits per heavy atom. The Bertz CT molecular complexity index is 1700. The second kappa shape index (κ2) is 9.72. The van der Waals surface area contributed by atoms with Crippen LogP contribution in [0.3, 0.4) is 0 Å². The molecular weight excluding hydrogens is 440 g/mol. The maximum absolute atomic E-state index is 4.77. The van der Waals surface area contributed by atoms with Gasteiger partial charge >= 0.3 is 0 Å². The minimum absolute atomic E-state index is 0.922. The number of rotatable bonds is 1. The number of fused-ring (bicyclic) bond motifs is 8. The molecule has 5 aromatic rings. The van der Waals surface area contributed by atoms with Gasteiger partial charge in [-0.05, 0) is 72.3 Å². The van der Waals surface area contributed by atoms with E-state index in [1.807, 2.05) is 72.8 Å². The number of hydrogen-bond donors (Lipinski definition) is 2. The molecule has 0 saturated carbocycles. The van der Waals surface area contributed by atoms with Gasteiger partial charge in [0.15, 0.2) is 0 Å². The molecule has 36 heavy (non-hydrogen) atoms. The SMILES string of the molecule is C1=Cc2cc3cc(-c4ccccc4)c(cc4nc(cc5ccc(cc1n2)[nH]5)C=C4)[nH]3.c1ccccc1. The summed E-state index contributed by atoms with van der Waals surface area (Å²) in [5, 5.41) is 0. The van der Waals surface area contributed by atoms with E-state index in [4.69, 9.17) is 9.97 Å². The van der Waals surface area contributed by atoms with Gasteiger partial charge in [0.25, 0.3) is 0 Å². The molecule has 0 aliphatic carbocycles. The molecule has 8 bridgehead atoms. The number of benzene rings is 2. The molecule has 0 amide bonds. The van der Waals surface area contributed by atoms with Crippen molar-refractivity contribution in [3.05, 3.63) is 132 Å². The van der Waals surface area contributed by atoms with E-state index in [1.165, 1.54) is 5.56 Å². The van der Waals surface area contributed by atoms with E-state index < -0.39 is 0 Å². The molecule has 2 aliphatic rings. The molecule has 0 saturated heterocycles. The smallest absolute Gasteiger partial charge is 0.0658 e. The molecule has 0 atom stereocenters. The number of aromatic amines is 2. The van der Waals surface area contributed by atoms with Crippen LogP contribution >= 0.6 is 0 Å². The van der Waals surface area contributed by atoms with Gasteiger partial charge in [0, 0.05) is 27.6 Å². The highest BCUT2D eigenvalue weighted by molar-refractivity contribution is 5.87. The average Bonchev–Trinajstić information content (AvgIpc) is 3.72. The molecule has 2 aromatic carbocycles. The summed E-state index contributed by atoms with van der Waals surface area (Å²) in [5.41, 5.74) is 10.1. The molecule has 2 N–H and O–H groups in total. The lowest BCUT2D eigenvalue weighted by Crippen LogP contribution is -1.77. The molecule has 4 nitrogen and oxygen atoms in total. The van der Waals surface area contributed by atoms with Crippen LogP contribution in [-0.2, 0) is 0 Å². The second-order valence-electron chi connectivity index (χ2n) is 8.61. The van der Waals surface area contributed by atoms with Crippen LogP contribution in [0.1, 0.15) is 22.8 Å².